The molecule has 0 aliphatic carbocycles. The lowest BCUT2D eigenvalue weighted by molar-refractivity contribution is -0.136. The van der Waals surface area contributed by atoms with Gasteiger partial charge in [-0.05, 0) is 53.4 Å². The van der Waals surface area contributed by atoms with Gasteiger partial charge in [0, 0.05) is 0 Å². The van der Waals surface area contributed by atoms with Crippen LogP contribution in [0.1, 0.15) is 59.8 Å². The average Bonchev–Trinajstić information content (AvgIpc) is 2.34. The van der Waals surface area contributed by atoms with Crippen molar-refractivity contribution in [3.8, 4) is 0 Å². The second kappa shape index (κ2) is 11.3. The Labute approximate surface area is 123 Å². The molecule has 0 amide bonds. The zero-order chi connectivity index (χ0) is 15.4. The highest BCUT2D eigenvalue weighted by atomic mass is 16.4. The molecule has 0 fully saturated rings. The molecule has 0 bridgehead atoms. The Kier molecular flexibility index (Phi) is 10.4. The standard InChI is InChI=1S/C18H28O2/c1-15(2)9-7-11-17(4)13-8-12-16(3)10-5-6-14-18(19)20/h5-6,9-10,13H,7-8,11-12,14H2,1-4H3,(H,19,20). The maximum atomic E-state index is 10.3. The Bertz CT molecular complexity index is 405. The molecule has 0 saturated carbocycles. The van der Waals surface area contributed by atoms with E-state index in [4.69, 9.17) is 5.11 Å². The summed E-state index contributed by atoms with van der Waals surface area (Å²) in [6.45, 7) is 8.53. The van der Waals surface area contributed by atoms with Crippen LogP contribution in [0.25, 0.3) is 0 Å². The summed E-state index contributed by atoms with van der Waals surface area (Å²) in [5, 5.41) is 8.50. The molecule has 112 valence electrons. The summed E-state index contributed by atoms with van der Waals surface area (Å²) < 4.78 is 0. The molecule has 20 heavy (non-hydrogen) atoms. The van der Waals surface area contributed by atoms with Crippen LogP contribution in [-0.2, 0) is 4.79 Å². The van der Waals surface area contributed by atoms with E-state index in [1.807, 2.05) is 12.2 Å². The fraction of sp³-hybridized carbons (Fsp3) is 0.500. The van der Waals surface area contributed by atoms with Crippen molar-refractivity contribution in [2.24, 2.45) is 0 Å². The molecule has 0 heterocycles. The van der Waals surface area contributed by atoms with Crippen LogP contribution in [0.15, 0.2) is 47.1 Å². The first-order valence-electron chi connectivity index (χ1n) is 7.25. The van der Waals surface area contributed by atoms with Gasteiger partial charge in [0.05, 0.1) is 6.42 Å². The monoisotopic (exact) mass is 276 g/mol. The predicted molar refractivity (Wildman–Crippen MR) is 86.8 cm³/mol. The Morgan fingerprint density at radius 3 is 2.15 bits per heavy atom. The number of aliphatic carboxylic acids is 1. The molecule has 0 aromatic carbocycles. The normalized spacial score (nSPS) is 12.8. The van der Waals surface area contributed by atoms with E-state index in [1.165, 1.54) is 16.7 Å². The van der Waals surface area contributed by atoms with Crippen molar-refractivity contribution in [3.05, 3.63) is 47.1 Å². The van der Waals surface area contributed by atoms with E-state index < -0.39 is 5.97 Å². The summed E-state index contributed by atoms with van der Waals surface area (Å²) in [5.74, 6) is -0.790. The first-order chi connectivity index (χ1) is 9.41. The van der Waals surface area contributed by atoms with E-state index in [-0.39, 0.29) is 6.42 Å². The van der Waals surface area contributed by atoms with Crippen LogP contribution in [0.3, 0.4) is 0 Å². The molecule has 0 radical (unpaired) electrons. The lowest BCUT2D eigenvalue weighted by Crippen LogP contribution is -1.89. The molecule has 0 aliphatic rings. The zero-order valence-corrected chi connectivity index (χ0v) is 13.3. The quantitative estimate of drug-likeness (QED) is 0.450. The fourth-order valence-electron chi connectivity index (χ4n) is 1.72. The summed E-state index contributed by atoms with van der Waals surface area (Å²) in [7, 11) is 0. The van der Waals surface area contributed by atoms with Gasteiger partial charge in [-0.15, -0.1) is 0 Å². The summed E-state index contributed by atoms with van der Waals surface area (Å²) >= 11 is 0. The average molecular weight is 276 g/mol. The second-order valence-electron chi connectivity index (χ2n) is 5.45. The number of allylic oxidation sites excluding steroid dienone is 7. The SMILES string of the molecule is CC(C)=CCCC(C)=CCCC(C)=CC=CCC(=O)O. The van der Waals surface area contributed by atoms with Gasteiger partial charge in [-0.1, -0.05) is 47.1 Å². The van der Waals surface area contributed by atoms with Crippen LogP contribution in [0, 0.1) is 0 Å². The van der Waals surface area contributed by atoms with Gasteiger partial charge in [0.15, 0.2) is 0 Å². The van der Waals surface area contributed by atoms with Crippen LogP contribution in [0.4, 0.5) is 0 Å². The molecule has 0 spiro atoms. The molecule has 0 aromatic heterocycles. The van der Waals surface area contributed by atoms with Crippen LogP contribution in [0.2, 0.25) is 0 Å². The summed E-state index contributed by atoms with van der Waals surface area (Å²) in [4.78, 5) is 10.3. The highest BCUT2D eigenvalue weighted by Gasteiger charge is 1.92. The molecular formula is C18H28O2. The molecule has 0 atom stereocenters. The molecule has 0 saturated heterocycles. The number of rotatable bonds is 9. The minimum Gasteiger partial charge on any atom is -0.481 e. The molecule has 1 N–H and O–H groups in total. The van der Waals surface area contributed by atoms with Crippen LogP contribution >= 0.6 is 0 Å². The van der Waals surface area contributed by atoms with Crippen molar-refractivity contribution in [2.45, 2.75) is 59.8 Å². The van der Waals surface area contributed by atoms with E-state index >= 15 is 0 Å². The third-order valence-corrected chi connectivity index (χ3v) is 2.93. The lowest BCUT2D eigenvalue weighted by atomic mass is 10.1. The number of carbonyl (C=O) groups is 1. The molecule has 0 rings (SSSR count). The van der Waals surface area contributed by atoms with Gasteiger partial charge in [0.1, 0.15) is 0 Å². The van der Waals surface area contributed by atoms with Gasteiger partial charge in [-0.3, -0.25) is 4.79 Å². The van der Waals surface area contributed by atoms with Crippen molar-refractivity contribution in [2.75, 3.05) is 0 Å². The van der Waals surface area contributed by atoms with Gasteiger partial charge in [-0.2, -0.15) is 0 Å². The molecule has 2 heteroatoms. The zero-order valence-electron chi connectivity index (χ0n) is 13.3. The van der Waals surface area contributed by atoms with Crippen molar-refractivity contribution in [1.29, 1.82) is 0 Å². The smallest absolute Gasteiger partial charge is 0.307 e. The van der Waals surface area contributed by atoms with Crippen LogP contribution in [0.5, 0.6) is 0 Å². The molecular weight excluding hydrogens is 248 g/mol. The number of carboxylic acids is 1. The van der Waals surface area contributed by atoms with E-state index in [9.17, 15) is 4.79 Å². The maximum Gasteiger partial charge on any atom is 0.307 e. The Hall–Kier alpha value is -1.57. The van der Waals surface area contributed by atoms with E-state index in [0.717, 1.165) is 25.7 Å². The third-order valence-electron chi connectivity index (χ3n) is 2.93. The molecule has 0 aromatic rings. The van der Waals surface area contributed by atoms with E-state index in [1.54, 1.807) is 6.08 Å². The first-order valence-corrected chi connectivity index (χ1v) is 7.25. The lowest BCUT2D eigenvalue weighted by Gasteiger charge is -2.00. The summed E-state index contributed by atoms with van der Waals surface area (Å²) in [5.41, 5.74) is 4.10. The fourth-order valence-corrected chi connectivity index (χ4v) is 1.72. The Morgan fingerprint density at radius 2 is 1.55 bits per heavy atom. The molecule has 0 unspecified atom stereocenters. The van der Waals surface area contributed by atoms with E-state index in [2.05, 4.69) is 39.8 Å². The van der Waals surface area contributed by atoms with Crippen molar-refractivity contribution in [1.82, 2.24) is 0 Å². The number of carboxylic acid groups (broad SMARTS) is 1. The first kappa shape index (κ1) is 18.4. The van der Waals surface area contributed by atoms with E-state index in [0.29, 0.717) is 0 Å². The highest BCUT2D eigenvalue weighted by Crippen LogP contribution is 2.11. The van der Waals surface area contributed by atoms with Crippen LogP contribution in [-0.4, -0.2) is 11.1 Å². The van der Waals surface area contributed by atoms with Crippen LogP contribution < -0.4 is 0 Å². The highest BCUT2D eigenvalue weighted by molar-refractivity contribution is 5.68. The number of hydrogen-bond donors (Lipinski definition) is 1. The molecule has 0 aliphatic heterocycles. The summed E-state index contributed by atoms with van der Waals surface area (Å²) in [6.07, 6.45) is 14.5. The molecule has 2 nitrogen and oxygen atoms in total. The van der Waals surface area contributed by atoms with Crippen molar-refractivity contribution < 1.29 is 9.90 Å². The van der Waals surface area contributed by atoms with Gasteiger partial charge in [0.2, 0.25) is 0 Å². The minimum absolute atomic E-state index is 0.0904. The van der Waals surface area contributed by atoms with Crippen molar-refractivity contribution >= 4 is 5.97 Å². The van der Waals surface area contributed by atoms with Gasteiger partial charge >= 0.3 is 5.97 Å². The third kappa shape index (κ3) is 12.9. The minimum atomic E-state index is -0.790. The number of hydrogen-bond acceptors (Lipinski definition) is 1. The van der Waals surface area contributed by atoms with Gasteiger partial charge in [-0.25, -0.2) is 0 Å². The topological polar surface area (TPSA) is 37.3 Å². The largest absolute Gasteiger partial charge is 0.481 e. The van der Waals surface area contributed by atoms with Crippen molar-refractivity contribution in [3.63, 3.8) is 0 Å². The van der Waals surface area contributed by atoms with Gasteiger partial charge < -0.3 is 5.11 Å². The predicted octanol–water partition coefficient (Wildman–Crippen LogP) is 5.44. The Balaban J connectivity index is 3.96. The Morgan fingerprint density at radius 1 is 0.950 bits per heavy atom. The maximum absolute atomic E-state index is 10.3. The summed E-state index contributed by atoms with van der Waals surface area (Å²) in [6, 6.07) is 0. The van der Waals surface area contributed by atoms with Gasteiger partial charge in [0.25, 0.3) is 0 Å². The second-order valence-corrected chi connectivity index (χ2v) is 5.45.